The third-order valence-electron chi connectivity index (χ3n) is 10.9. The molecular formula is C50H34N2S2. The molecule has 0 aliphatic carbocycles. The van der Waals surface area contributed by atoms with Crippen LogP contribution in [0.15, 0.2) is 152 Å². The van der Waals surface area contributed by atoms with Gasteiger partial charge in [-0.15, -0.1) is 22.7 Å². The number of rotatable bonds is 3. The minimum absolute atomic E-state index is 0.267. The predicted molar refractivity (Wildman–Crippen MR) is 235 cm³/mol. The smallest absolute Gasteiger partial charge is 0.0979 e. The quantitative estimate of drug-likeness (QED) is 0.169. The lowest BCUT2D eigenvalue weighted by atomic mass is 9.86. The highest BCUT2D eigenvalue weighted by Gasteiger charge is 2.26. The summed E-state index contributed by atoms with van der Waals surface area (Å²) in [6.07, 6.45) is 0. The molecule has 0 fully saturated rings. The van der Waals surface area contributed by atoms with Crippen LogP contribution in [0.5, 0.6) is 0 Å². The maximum absolute atomic E-state index is 5.70. The van der Waals surface area contributed by atoms with Crippen molar-refractivity contribution in [1.29, 1.82) is 0 Å². The van der Waals surface area contributed by atoms with Crippen LogP contribution in [0, 0.1) is 0 Å². The maximum Gasteiger partial charge on any atom is 0.0979 e. The summed E-state index contributed by atoms with van der Waals surface area (Å²) in [6.45, 7) is 6.78. The zero-order chi connectivity index (χ0) is 36.1. The first-order valence-corrected chi connectivity index (χ1v) is 20.1. The molecule has 0 saturated carbocycles. The molecule has 11 aromatic rings. The van der Waals surface area contributed by atoms with Crippen LogP contribution in [0.1, 0.15) is 26.5 Å². The van der Waals surface area contributed by atoms with Gasteiger partial charge in [0.1, 0.15) is 0 Å². The fraction of sp³-hybridized carbons (Fsp3) is 0.0800. The summed E-state index contributed by atoms with van der Waals surface area (Å²) in [5.74, 6) is 0. The van der Waals surface area contributed by atoms with Crippen LogP contribution >= 0.6 is 22.7 Å². The zero-order valence-corrected chi connectivity index (χ0v) is 31.8. The Kier molecular flexibility index (Phi) is 6.89. The minimum Gasteiger partial charge on any atom is -0.248 e. The minimum atomic E-state index is -0.267. The molecule has 11 rings (SSSR count). The van der Waals surface area contributed by atoms with Gasteiger partial charge in [-0.3, -0.25) is 0 Å². The Balaban J connectivity index is 1.26. The summed E-state index contributed by atoms with van der Waals surface area (Å²) in [7, 11) is 0. The second kappa shape index (κ2) is 11.8. The van der Waals surface area contributed by atoms with Crippen molar-refractivity contribution in [2.24, 2.45) is 0 Å². The Labute approximate surface area is 321 Å². The first-order chi connectivity index (χ1) is 26.4. The van der Waals surface area contributed by atoms with Gasteiger partial charge < -0.3 is 0 Å². The topological polar surface area (TPSA) is 25.8 Å². The van der Waals surface area contributed by atoms with Gasteiger partial charge >= 0.3 is 0 Å². The van der Waals surface area contributed by atoms with Crippen LogP contribution < -0.4 is 0 Å². The molecule has 0 N–H and O–H groups in total. The SMILES string of the molecule is CC(C)(C)c1nc2c3ccccc3c3ccccc3c2nc1-c1cc(-c2cccc3c2sc2ccccc23)cc(-c2cccc3c2sc2ccccc23)c1. The summed E-state index contributed by atoms with van der Waals surface area (Å²) in [5, 5.41) is 9.88. The van der Waals surface area contributed by atoms with E-state index in [1.165, 1.54) is 73.4 Å². The van der Waals surface area contributed by atoms with Crippen molar-refractivity contribution in [2.75, 3.05) is 0 Å². The Bertz CT molecular complexity index is 3190. The molecule has 0 bridgehead atoms. The normalized spacial score (nSPS) is 12.4. The van der Waals surface area contributed by atoms with Crippen LogP contribution in [0.25, 0.3) is 106 Å². The van der Waals surface area contributed by atoms with Crippen molar-refractivity contribution < 1.29 is 0 Å². The number of aromatic nitrogens is 2. The highest BCUT2D eigenvalue weighted by molar-refractivity contribution is 7.26. The van der Waals surface area contributed by atoms with Crippen LogP contribution in [0.2, 0.25) is 0 Å². The summed E-state index contributed by atoms with van der Waals surface area (Å²) in [5.41, 5.74) is 9.49. The van der Waals surface area contributed by atoms with Crippen molar-refractivity contribution in [3.63, 3.8) is 0 Å². The van der Waals surface area contributed by atoms with E-state index < -0.39 is 0 Å². The fourth-order valence-electron chi connectivity index (χ4n) is 8.41. The molecular weight excluding hydrogens is 693 g/mol. The average molecular weight is 727 g/mol. The number of hydrogen-bond acceptors (Lipinski definition) is 4. The molecule has 3 aromatic heterocycles. The van der Waals surface area contributed by atoms with Crippen LogP contribution in [0.3, 0.4) is 0 Å². The first-order valence-electron chi connectivity index (χ1n) is 18.5. The molecule has 0 aliphatic heterocycles. The van der Waals surface area contributed by atoms with E-state index in [4.69, 9.17) is 9.97 Å². The van der Waals surface area contributed by atoms with Crippen LogP contribution in [-0.2, 0) is 5.41 Å². The van der Waals surface area contributed by atoms with Gasteiger partial charge in [0.15, 0.2) is 0 Å². The summed E-state index contributed by atoms with van der Waals surface area (Å²) in [4.78, 5) is 11.3. The van der Waals surface area contributed by atoms with Crippen LogP contribution in [0.4, 0.5) is 0 Å². The van der Waals surface area contributed by atoms with E-state index in [1.54, 1.807) is 0 Å². The molecule has 0 spiro atoms. The third kappa shape index (κ3) is 4.77. The first kappa shape index (κ1) is 31.6. The average Bonchev–Trinajstić information content (AvgIpc) is 3.79. The molecule has 0 atom stereocenters. The molecule has 0 radical (unpaired) electrons. The van der Waals surface area contributed by atoms with Crippen LogP contribution in [-0.4, -0.2) is 9.97 Å². The van der Waals surface area contributed by atoms with E-state index in [1.807, 2.05) is 22.7 Å². The largest absolute Gasteiger partial charge is 0.248 e. The molecule has 3 heterocycles. The molecule has 0 unspecified atom stereocenters. The van der Waals surface area contributed by atoms with Gasteiger partial charge in [-0.2, -0.15) is 0 Å². The standard InChI is InChI=1S/C50H34N2S2/c1-50(2,3)49-44(51-45-38-18-6-4-14-34(38)35-15-5-7-19-39(35)46(45)52-49)31-27-29(32-20-12-22-40-36-16-8-10-24-42(36)53-47(32)40)26-30(28-31)33-21-13-23-41-37-17-9-11-25-43(37)54-48(33)41/h4-28H,1-3H3. The van der Waals surface area contributed by atoms with E-state index >= 15 is 0 Å². The molecule has 0 amide bonds. The number of hydrogen-bond donors (Lipinski definition) is 0. The Morgan fingerprint density at radius 3 is 1.30 bits per heavy atom. The number of thiophene rings is 2. The van der Waals surface area contributed by atoms with Gasteiger partial charge in [0.05, 0.1) is 22.4 Å². The Hall–Kier alpha value is -5.94. The zero-order valence-electron chi connectivity index (χ0n) is 30.1. The van der Waals surface area contributed by atoms with Gasteiger partial charge in [-0.1, -0.05) is 142 Å². The highest BCUT2D eigenvalue weighted by atomic mass is 32.1. The third-order valence-corrected chi connectivity index (χ3v) is 13.3. The van der Waals surface area contributed by atoms with Crippen molar-refractivity contribution in [3.8, 4) is 33.5 Å². The summed E-state index contributed by atoms with van der Waals surface area (Å²) in [6, 6.07) is 55.5. The predicted octanol–water partition coefficient (Wildman–Crippen LogP) is 15.0. The number of fused-ring (bicyclic) bond motifs is 12. The van der Waals surface area contributed by atoms with E-state index in [0.29, 0.717) is 0 Å². The Morgan fingerprint density at radius 1 is 0.389 bits per heavy atom. The van der Waals surface area contributed by atoms with Gasteiger partial charge in [-0.05, 0) is 63.4 Å². The number of benzene rings is 8. The number of nitrogens with zero attached hydrogens (tertiary/aromatic N) is 2. The Morgan fingerprint density at radius 2 is 0.796 bits per heavy atom. The van der Waals surface area contributed by atoms with Crippen molar-refractivity contribution in [3.05, 3.63) is 157 Å². The van der Waals surface area contributed by atoms with Gasteiger partial charge in [0.25, 0.3) is 0 Å². The van der Waals surface area contributed by atoms with Gasteiger partial charge in [0, 0.05) is 62.1 Å². The second-order valence-electron chi connectivity index (χ2n) is 15.3. The molecule has 256 valence electrons. The lowest BCUT2D eigenvalue weighted by Crippen LogP contribution is -2.16. The lowest BCUT2D eigenvalue weighted by Gasteiger charge is -2.23. The van der Waals surface area contributed by atoms with Crippen molar-refractivity contribution >= 4 is 95.6 Å². The van der Waals surface area contributed by atoms with E-state index in [9.17, 15) is 0 Å². The lowest BCUT2D eigenvalue weighted by molar-refractivity contribution is 0.571. The molecule has 4 heteroatoms. The molecule has 54 heavy (non-hydrogen) atoms. The highest BCUT2D eigenvalue weighted by Crippen LogP contribution is 2.46. The summed E-state index contributed by atoms with van der Waals surface area (Å²) >= 11 is 3.76. The fourth-order valence-corrected chi connectivity index (χ4v) is 10.9. The van der Waals surface area contributed by atoms with Gasteiger partial charge in [0.2, 0.25) is 0 Å². The molecule has 0 aliphatic rings. The monoisotopic (exact) mass is 726 g/mol. The van der Waals surface area contributed by atoms with Crippen molar-refractivity contribution in [2.45, 2.75) is 26.2 Å². The second-order valence-corrected chi connectivity index (χ2v) is 17.4. The summed E-state index contributed by atoms with van der Waals surface area (Å²) < 4.78 is 5.22. The molecule has 2 nitrogen and oxygen atoms in total. The van der Waals surface area contributed by atoms with E-state index in [2.05, 4.69) is 172 Å². The maximum atomic E-state index is 5.70. The molecule has 0 saturated heterocycles. The van der Waals surface area contributed by atoms with Gasteiger partial charge in [-0.25, -0.2) is 9.97 Å². The molecule has 8 aromatic carbocycles. The van der Waals surface area contributed by atoms with E-state index in [-0.39, 0.29) is 5.41 Å². The van der Waals surface area contributed by atoms with E-state index in [0.717, 1.165) is 38.8 Å². The van der Waals surface area contributed by atoms with Crippen molar-refractivity contribution in [1.82, 2.24) is 9.97 Å².